The number of rotatable bonds is 3. The van der Waals surface area contributed by atoms with Crippen LogP contribution in [0.3, 0.4) is 0 Å². The van der Waals surface area contributed by atoms with E-state index in [9.17, 15) is 5.11 Å². The van der Waals surface area contributed by atoms with Crippen LogP contribution in [0.25, 0.3) is 0 Å². The van der Waals surface area contributed by atoms with Crippen molar-refractivity contribution in [2.45, 2.75) is 39.2 Å². The van der Waals surface area contributed by atoms with Crippen LogP contribution in [0.2, 0.25) is 5.15 Å². The van der Waals surface area contributed by atoms with Crippen LogP contribution in [0.4, 0.5) is 5.82 Å². The number of hydrogen-bond donors (Lipinski definition) is 1. The number of hydrogen-bond acceptors (Lipinski definition) is 4. The Labute approximate surface area is 113 Å². The number of piperidine rings is 1. The van der Waals surface area contributed by atoms with Crippen LogP contribution in [0.15, 0.2) is 6.07 Å². The summed E-state index contributed by atoms with van der Waals surface area (Å²) in [4.78, 5) is 10.9. The Bertz CT molecular complexity index is 403. The first-order valence-corrected chi connectivity index (χ1v) is 6.94. The van der Waals surface area contributed by atoms with Gasteiger partial charge >= 0.3 is 0 Å². The number of aliphatic hydroxyl groups is 1. The molecule has 1 fully saturated rings. The van der Waals surface area contributed by atoms with Crippen molar-refractivity contribution in [2.24, 2.45) is 5.92 Å². The van der Waals surface area contributed by atoms with Crippen LogP contribution in [0.1, 0.15) is 32.5 Å². The van der Waals surface area contributed by atoms with Crippen molar-refractivity contribution in [1.82, 2.24) is 9.97 Å². The van der Waals surface area contributed by atoms with Crippen LogP contribution in [-0.4, -0.2) is 34.3 Å². The molecule has 1 atom stereocenters. The van der Waals surface area contributed by atoms with E-state index in [2.05, 4.69) is 14.9 Å². The number of halogens is 1. The summed E-state index contributed by atoms with van der Waals surface area (Å²) in [6, 6.07) is 1.82. The highest BCUT2D eigenvalue weighted by Gasteiger charge is 2.23. The predicted molar refractivity (Wildman–Crippen MR) is 73.0 cm³/mol. The van der Waals surface area contributed by atoms with Crippen LogP contribution < -0.4 is 4.90 Å². The minimum Gasteiger partial charge on any atom is -0.393 e. The maximum atomic E-state index is 9.59. The minimum atomic E-state index is -0.215. The fourth-order valence-electron chi connectivity index (χ4n) is 2.38. The highest BCUT2D eigenvalue weighted by atomic mass is 35.5. The zero-order valence-electron chi connectivity index (χ0n) is 10.9. The summed E-state index contributed by atoms with van der Waals surface area (Å²) >= 11 is 6.01. The van der Waals surface area contributed by atoms with E-state index >= 15 is 0 Å². The number of nitrogens with zero attached hydrogens (tertiary/aromatic N) is 3. The molecule has 1 aliphatic rings. The second-order valence-electron chi connectivity index (χ2n) is 4.88. The van der Waals surface area contributed by atoms with Gasteiger partial charge in [0, 0.05) is 25.6 Å². The molecule has 0 saturated carbocycles. The van der Waals surface area contributed by atoms with Crippen molar-refractivity contribution in [2.75, 3.05) is 18.0 Å². The molecule has 0 aromatic carbocycles. The minimum absolute atomic E-state index is 0.215. The SMILES string of the molecule is CCc1nc(Cl)cc(N2CCC(C(C)O)CC2)n1. The maximum Gasteiger partial charge on any atom is 0.134 e. The van der Waals surface area contributed by atoms with Gasteiger partial charge in [-0.3, -0.25) is 0 Å². The highest BCUT2D eigenvalue weighted by molar-refractivity contribution is 6.29. The van der Waals surface area contributed by atoms with Gasteiger partial charge in [-0.1, -0.05) is 18.5 Å². The molecule has 2 rings (SSSR count). The number of aryl methyl sites for hydroxylation is 1. The zero-order chi connectivity index (χ0) is 13.1. The third kappa shape index (κ3) is 3.12. The summed E-state index contributed by atoms with van der Waals surface area (Å²) in [5.41, 5.74) is 0. The van der Waals surface area contributed by atoms with E-state index in [1.165, 1.54) is 0 Å². The predicted octanol–water partition coefficient (Wildman–Crippen LogP) is 2.29. The Kier molecular flexibility index (Phi) is 4.40. The molecule has 1 unspecified atom stereocenters. The van der Waals surface area contributed by atoms with Crippen molar-refractivity contribution < 1.29 is 5.11 Å². The van der Waals surface area contributed by atoms with Crippen molar-refractivity contribution in [1.29, 1.82) is 0 Å². The average Bonchev–Trinajstić information content (AvgIpc) is 2.38. The lowest BCUT2D eigenvalue weighted by Crippen LogP contribution is -2.37. The van der Waals surface area contributed by atoms with Crippen molar-refractivity contribution in [3.05, 3.63) is 17.0 Å². The molecule has 100 valence electrons. The van der Waals surface area contributed by atoms with Gasteiger partial charge in [0.2, 0.25) is 0 Å². The normalized spacial score (nSPS) is 19.0. The fraction of sp³-hybridized carbons (Fsp3) is 0.692. The van der Waals surface area contributed by atoms with E-state index in [1.807, 2.05) is 19.9 Å². The van der Waals surface area contributed by atoms with Gasteiger partial charge in [-0.2, -0.15) is 0 Å². The molecule has 18 heavy (non-hydrogen) atoms. The molecular formula is C13H20ClN3O. The monoisotopic (exact) mass is 269 g/mol. The van der Waals surface area contributed by atoms with E-state index in [-0.39, 0.29) is 6.10 Å². The molecule has 0 bridgehead atoms. The summed E-state index contributed by atoms with van der Waals surface area (Å²) in [7, 11) is 0. The van der Waals surface area contributed by atoms with Crippen LogP contribution in [0, 0.1) is 5.92 Å². The topological polar surface area (TPSA) is 49.2 Å². The lowest BCUT2D eigenvalue weighted by Gasteiger charge is -2.34. The van der Waals surface area contributed by atoms with Gasteiger partial charge in [-0.15, -0.1) is 0 Å². The Balaban J connectivity index is 2.07. The fourth-order valence-corrected chi connectivity index (χ4v) is 2.58. The second-order valence-corrected chi connectivity index (χ2v) is 5.27. The summed E-state index contributed by atoms with van der Waals surface area (Å²) < 4.78 is 0. The van der Waals surface area contributed by atoms with Crippen molar-refractivity contribution in [3.8, 4) is 0 Å². The van der Waals surface area contributed by atoms with Crippen molar-refractivity contribution >= 4 is 17.4 Å². The summed E-state index contributed by atoms with van der Waals surface area (Å²) in [5.74, 6) is 2.11. The second kappa shape index (κ2) is 5.85. The van der Waals surface area contributed by atoms with E-state index in [4.69, 9.17) is 11.6 Å². The summed E-state index contributed by atoms with van der Waals surface area (Å²) in [6.07, 6.45) is 2.58. The zero-order valence-corrected chi connectivity index (χ0v) is 11.7. The van der Waals surface area contributed by atoms with Gasteiger partial charge in [0.25, 0.3) is 0 Å². The molecule has 0 aliphatic carbocycles. The number of aliphatic hydroxyl groups excluding tert-OH is 1. The molecule has 0 amide bonds. The first kappa shape index (κ1) is 13.6. The molecule has 2 heterocycles. The third-order valence-electron chi connectivity index (χ3n) is 3.59. The Morgan fingerprint density at radius 2 is 2.11 bits per heavy atom. The van der Waals surface area contributed by atoms with Gasteiger partial charge in [-0.05, 0) is 25.7 Å². The number of aromatic nitrogens is 2. The Hall–Kier alpha value is -0.870. The first-order chi connectivity index (χ1) is 8.60. The average molecular weight is 270 g/mol. The first-order valence-electron chi connectivity index (χ1n) is 6.56. The number of anilines is 1. The molecule has 0 radical (unpaired) electrons. The molecule has 4 nitrogen and oxygen atoms in total. The van der Waals surface area contributed by atoms with Gasteiger partial charge < -0.3 is 10.0 Å². The molecule has 1 N–H and O–H groups in total. The van der Waals surface area contributed by atoms with Crippen LogP contribution >= 0.6 is 11.6 Å². The molecule has 1 saturated heterocycles. The molecule has 0 spiro atoms. The molecule has 1 aromatic heterocycles. The lowest BCUT2D eigenvalue weighted by molar-refractivity contribution is 0.110. The van der Waals surface area contributed by atoms with Gasteiger partial charge in [-0.25, -0.2) is 9.97 Å². The smallest absolute Gasteiger partial charge is 0.134 e. The molecule has 1 aromatic rings. The Morgan fingerprint density at radius 3 is 2.67 bits per heavy atom. The lowest BCUT2D eigenvalue weighted by atomic mass is 9.92. The van der Waals surface area contributed by atoms with Crippen molar-refractivity contribution in [3.63, 3.8) is 0 Å². The maximum absolute atomic E-state index is 9.59. The third-order valence-corrected chi connectivity index (χ3v) is 3.78. The molecular weight excluding hydrogens is 250 g/mol. The standard InChI is InChI=1S/C13H20ClN3O/c1-3-12-15-11(14)8-13(16-12)17-6-4-10(5-7-17)9(2)18/h8-10,18H,3-7H2,1-2H3. The summed E-state index contributed by atoms with van der Waals surface area (Å²) in [5, 5.41) is 10.1. The quantitative estimate of drug-likeness (QED) is 0.856. The van der Waals surface area contributed by atoms with E-state index in [0.717, 1.165) is 44.0 Å². The highest BCUT2D eigenvalue weighted by Crippen LogP contribution is 2.25. The van der Waals surface area contributed by atoms with E-state index in [0.29, 0.717) is 11.1 Å². The van der Waals surface area contributed by atoms with Crippen LogP contribution in [-0.2, 0) is 6.42 Å². The largest absolute Gasteiger partial charge is 0.393 e. The van der Waals surface area contributed by atoms with Gasteiger partial charge in [0.15, 0.2) is 0 Å². The summed E-state index contributed by atoms with van der Waals surface area (Å²) in [6.45, 7) is 5.74. The van der Waals surface area contributed by atoms with Gasteiger partial charge in [0.05, 0.1) is 6.10 Å². The van der Waals surface area contributed by atoms with Gasteiger partial charge in [0.1, 0.15) is 16.8 Å². The molecule has 1 aliphatic heterocycles. The Morgan fingerprint density at radius 1 is 1.44 bits per heavy atom. The molecule has 5 heteroatoms. The van der Waals surface area contributed by atoms with E-state index in [1.54, 1.807) is 0 Å². The van der Waals surface area contributed by atoms with E-state index < -0.39 is 0 Å². The van der Waals surface area contributed by atoms with Crippen LogP contribution in [0.5, 0.6) is 0 Å².